The fourth-order valence-electron chi connectivity index (χ4n) is 1.64. The van der Waals surface area contributed by atoms with Crippen LogP contribution in [0.5, 0.6) is 0 Å². The number of nitrogens with zero attached hydrogens (tertiary/aromatic N) is 6. The first-order chi connectivity index (χ1) is 9.42. The van der Waals surface area contributed by atoms with Crippen LogP contribution in [0.25, 0.3) is 5.69 Å². The lowest BCUT2D eigenvalue weighted by molar-refractivity contribution is 0.789. The molecule has 0 amide bonds. The summed E-state index contributed by atoms with van der Waals surface area (Å²) in [4.78, 5) is 7.94. The molecule has 0 aliphatic carbocycles. The van der Waals surface area contributed by atoms with Crippen molar-refractivity contribution in [1.29, 1.82) is 0 Å². The molecule has 2 aromatic heterocycles. The molecule has 0 bridgehead atoms. The summed E-state index contributed by atoms with van der Waals surface area (Å²) in [5.74, 6) is 0. The van der Waals surface area contributed by atoms with E-state index in [2.05, 4.69) is 30.8 Å². The SMILES string of the molecule is c1ncc(CNc2ccc(-n3cnnn3)cc2)cn1. The summed E-state index contributed by atoms with van der Waals surface area (Å²) in [5.41, 5.74) is 2.96. The minimum absolute atomic E-state index is 0.686. The largest absolute Gasteiger partial charge is 0.381 e. The Morgan fingerprint density at radius 3 is 2.53 bits per heavy atom. The Bertz CT molecular complexity index is 619. The third kappa shape index (κ3) is 2.71. The van der Waals surface area contributed by atoms with Crippen LogP contribution >= 0.6 is 0 Å². The average Bonchev–Trinajstić information content (AvgIpc) is 3.01. The minimum Gasteiger partial charge on any atom is -0.381 e. The Labute approximate surface area is 109 Å². The molecule has 7 nitrogen and oxygen atoms in total. The molecule has 7 heteroatoms. The highest BCUT2D eigenvalue weighted by atomic mass is 15.5. The molecule has 19 heavy (non-hydrogen) atoms. The van der Waals surface area contributed by atoms with Gasteiger partial charge in [0.05, 0.1) is 5.69 Å². The number of rotatable bonds is 4. The molecule has 94 valence electrons. The molecular formula is C12H11N7. The maximum Gasteiger partial charge on any atom is 0.143 e. The van der Waals surface area contributed by atoms with Crippen LogP contribution in [-0.2, 0) is 6.54 Å². The fourth-order valence-corrected chi connectivity index (χ4v) is 1.64. The molecule has 2 heterocycles. The Balaban J connectivity index is 1.67. The van der Waals surface area contributed by atoms with Gasteiger partial charge in [-0.2, -0.15) is 0 Å². The normalized spacial score (nSPS) is 10.3. The molecule has 0 atom stereocenters. The van der Waals surface area contributed by atoms with Gasteiger partial charge in [0.15, 0.2) is 0 Å². The highest BCUT2D eigenvalue weighted by Gasteiger charge is 1.98. The molecule has 0 saturated heterocycles. The van der Waals surface area contributed by atoms with Gasteiger partial charge in [-0.25, -0.2) is 14.6 Å². The summed E-state index contributed by atoms with van der Waals surface area (Å²) >= 11 is 0. The molecule has 0 fully saturated rings. The van der Waals surface area contributed by atoms with Gasteiger partial charge in [-0.15, -0.1) is 5.10 Å². The van der Waals surface area contributed by atoms with Crippen molar-refractivity contribution < 1.29 is 0 Å². The first kappa shape index (κ1) is 11.3. The zero-order valence-corrected chi connectivity index (χ0v) is 10.0. The van der Waals surface area contributed by atoms with Crippen molar-refractivity contribution in [3.8, 4) is 5.69 Å². The summed E-state index contributed by atoms with van der Waals surface area (Å²) in [6, 6.07) is 7.84. The summed E-state index contributed by atoms with van der Waals surface area (Å²) in [6.45, 7) is 0.686. The van der Waals surface area contributed by atoms with Gasteiger partial charge >= 0.3 is 0 Å². The minimum atomic E-state index is 0.686. The lowest BCUT2D eigenvalue weighted by Gasteiger charge is -2.06. The number of hydrogen-bond donors (Lipinski definition) is 1. The van der Waals surface area contributed by atoms with E-state index in [-0.39, 0.29) is 0 Å². The van der Waals surface area contributed by atoms with E-state index in [1.165, 1.54) is 6.33 Å². The molecule has 0 aliphatic heterocycles. The van der Waals surface area contributed by atoms with Crippen molar-refractivity contribution >= 4 is 5.69 Å². The predicted octanol–water partition coefficient (Wildman–Crippen LogP) is 1.06. The Kier molecular flexibility index (Phi) is 3.09. The average molecular weight is 253 g/mol. The van der Waals surface area contributed by atoms with E-state index in [1.807, 2.05) is 24.3 Å². The third-order valence-electron chi connectivity index (χ3n) is 2.59. The third-order valence-corrected chi connectivity index (χ3v) is 2.59. The summed E-state index contributed by atoms with van der Waals surface area (Å²) in [5, 5.41) is 14.3. The Hall–Kier alpha value is -2.83. The quantitative estimate of drug-likeness (QED) is 0.748. The highest BCUT2D eigenvalue weighted by Crippen LogP contribution is 2.12. The van der Waals surface area contributed by atoms with E-state index in [0.29, 0.717) is 6.54 Å². The smallest absolute Gasteiger partial charge is 0.143 e. The van der Waals surface area contributed by atoms with Crippen LogP contribution < -0.4 is 5.32 Å². The maximum absolute atomic E-state index is 3.97. The molecule has 3 aromatic rings. The second-order valence-electron chi connectivity index (χ2n) is 3.90. The number of aromatic nitrogens is 6. The van der Waals surface area contributed by atoms with Gasteiger partial charge in [0.25, 0.3) is 0 Å². The Morgan fingerprint density at radius 1 is 1.05 bits per heavy atom. The van der Waals surface area contributed by atoms with Gasteiger partial charge in [-0.3, -0.25) is 0 Å². The van der Waals surface area contributed by atoms with Gasteiger partial charge in [-0.05, 0) is 34.7 Å². The van der Waals surface area contributed by atoms with Gasteiger partial charge in [0.1, 0.15) is 12.7 Å². The molecule has 0 saturated carbocycles. The maximum atomic E-state index is 3.97. The number of benzene rings is 1. The summed E-state index contributed by atoms with van der Waals surface area (Å²) in [6.07, 6.45) is 6.65. The molecule has 1 N–H and O–H groups in total. The van der Waals surface area contributed by atoms with E-state index in [1.54, 1.807) is 23.4 Å². The number of tetrazole rings is 1. The fraction of sp³-hybridized carbons (Fsp3) is 0.0833. The lowest BCUT2D eigenvalue weighted by Crippen LogP contribution is -2.01. The zero-order chi connectivity index (χ0) is 12.9. The van der Waals surface area contributed by atoms with Crippen molar-refractivity contribution in [2.24, 2.45) is 0 Å². The van der Waals surface area contributed by atoms with Crippen molar-refractivity contribution in [2.45, 2.75) is 6.54 Å². The van der Waals surface area contributed by atoms with Gasteiger partial charge in [-0.1, -0.05) is 0 Å². The topological polar surface area (TPSA) is 81.4 Å². The van der Waals surface area contributed by atoms with E-state index < -0.39 is 0 Å². The molecule has 0 radical (unpaired) electrons. The van der Waals surface area contributed by atoms with Crippen LogP contribution in [0, 0.1) is 0 Å². The van der Waals surface area contributed by atoms with Gasteiger partial charge in [0.2, 0.25) is 0 Å². The van der Waals surface area contributed by atoms with Crippen molar-refractivity contribution in [1.82, 2.24) is 30.2 Å². The van der Waals surface area contributed by atoms with E-state index in [0.717, 1.165) is 16.9 Å². The first-order valence-electron chi connectivity index (χ1n) is 5.73. The standard InChI is InChI=1S/C12H11N7/c1-3-12(19-9-16-17-18-19)4-2-11(1)15-7-10-5-13-8-14-6-10/h1-6,8-9,15H,7H2. The molecular weight excluding hydrogens is 242 g/mol. The van der Waals surface area contributed by atoms with Crippen molar-refractivity contribution in [2.75, 3.05) is 5.32 Å². The highest BCUT2D eigenvalue weighted by molar-refractivity contribution is 5.48. The Morgan fingerprint density at radius 2 is 1.84 bits per heavy atom. The second kappa shape index (κ2) is 5.21. The number of nitrogens with one attached hydrogen (secondary N) is 1. The van der Waals surface area contributed by atoms with Crippen LogP contribution in [0.3, 0.4) is 0 Å². The number of anilines is 1. The molecule has 0 unspecified atom stereocenters. The van der Waals surface area contributed by atoms with Crippen molar-refractivity contribution in [3.05, 3.63) is 54.9 Å². The van der Waals surface area contributed by atoms with Gasteiger partial charge < -0.3 is 5.32 Å². The zero-order valence-electron chi connectivity index (χ0n) is 10.0. The van der Waals surface area contributed by atoms with Crippen LogP contribution in [0.2, 0.25) is 0 Å². The molecule has 1 aromatic carbocycles. The summed E-state index contributed by atoms with van der Waals surface area (Å²) in [7, 11) is 0. The molecule has 3 rings (SSSR count). The van der Waals surface area contributed by atoms with Crippen molar-refractivity contribution in [3.63, 3.8) is 0 Å². The van der Waals surface area contributed by atoms with Crippen LogP contribution in [0.15, 0.2) is 49.3 Å². The van der Waals surface area contributed by atoms with E-state index >= 15 is 0 Å². The monoisotopic (exact) mass is 253 g/mol. The summed E-state index contributed by atoms with van der Waals surface area (Å²) < 4.78 is 1.61. The number of hydrogen-bond acceptors (Lipinski definition) is 6. The molecule has 0 spiro atoms. The van der Waals surface area contributed by atoms with Crippen LogP contribution in [0.4, 0.5) is 5.69 Å². The second-order valence-corrected chi connectivity index (χ2v) is 3.90. The van der Waals surface area contributed by atoms with Gasteiger partial charge in [0, 0.05) is 30.2 Å². The van der Waals surface area contributed by atoms with E-state index in [9.17, 15) is 0 Å². The predicted molar refractivity (Wildman–Crippen MR) is 68.5 cm³/mol. The lowest BCUT2D eigenvalue weighted by atomic mass is 10.2. The van der Waals surface area contributed by atoms with Crippen LogP contribution in [-0.4, -0.2) is 30.2 Å². The first-order valence-corrected chi connectivity index (χ1v) is 5.73. The van der Waals surface area contributed by atoms with Crippen LogP contribution in [0.1, 0.15) is 5.56 Å². The molecule has 0 aliphatic rings. The van der Waals surface area contributed by atoms with E-state index in [4.69, 9.17) is 0 Å².